The Balaban J connectivity index is 2.18. The Kier molecular flexibility index (Phi) is 3.04. The van der Waals surface area contributed by atoms with Gasteiger partial charge in [-0.1, -0.05) is 18.0 Å². The molecular weight excluding hydrogens is 196 g/mol. The second-order valence-electron chi connectivity index (χ2n) is 4.02. The van der Waals surface area contributed by atoms with Gasteiger partial charge in [0.1, 0.15) is 0 Å². The van der Waals surface area contributed by atoms with Crippen LogP contribution in [0.4, 0.5) is 0 Å². The van der Waals surface area contributed by atoms with E-state index in [0.717, 1.165) is 17.9 Å². The Bertz CT molecular complexity index is 314. The first-order valence-electron chi connectivity index (χ1n) is 5.12. The van der Waals surface area contributed by atoms with E-state index in [9.17, 15) is 0 Å². The molecule has 3 heteroatoms. The minimum atomic E-state index is 0.338. The highest BCUT2D eigenvalue weighted by atomic mass is 35.5. The second-order valence-corrected chi connectivity index (χ2v) is 4.43. The largest absolute Gasteiger partial charge is 0.328 e. The molecule has 1 fully saturated rings. The summed E-state index contributed by atoms with van der Waals surface area (Å²) >= 11 is 6.12. The lowest BCUT2D eigenvalue weighted by Gasteiger charge is -2.27. The summed E-state index contributed by atoms with van der Waals surface area (Å²) in [5.41, 5.74) is 7.12. The molecule has 0 radical (unpaired) electrons. The zero-order chi connectivity index (χ0) is 9.97. The van der Waals surface area contributed by atoms with E-state index in [2.05, 4.69) is 4.98 Å². The normalized spacial score (nSPS) is 27.6. The lowest BCUT2D eigenvalue weighted by atomic mass is 9.82. The van der Waals surface area contributed by atoms with E-state index < -0.39 is 0 Å². The van der Waals surface area contributed by atoms with Crippen LogP contribution in [-0.4, -0.2) is 11.0 Å². The molecule has 2 unspecified atom stereocenters. The van der Waals surface area contributed by atoms with Gasteiger partial charge in [0.2, 0.25) is 0 Å². The first-order chi connectivity index (χ1) is 6.77. The molecule has 1 aliphatic carbocycles. The minimum absolute atomic E-state index is 0.338. The average molecular weight is 211 g/mol. The highest BCUT2D eigenvalue weighted by Gasteiger charge is 2.22. The van der Waals surface area contributed by atoms with Crippen molar-refractivity contribution in [1.82, 2.24) is 4.98 Å². The maximum atomic E-state index is 6.12. The third-order valence-electron chi connectivity index (χ3n) is 2.95. The SMILES string of the molecule is NC1CCCC(c2cnccc2Cl)C1. The van der Waals surface area contributed by atoms with Crippen molar-refractivity contribution in [3.05, 3.63) is 29.0 Å². The van der Waals surface area contributed by atoms with Gasteiger partial charge in [-0.3, -0.25) is 4.98 Å². The van der Waals surface area contributed by atoms with Crippen molar-refractivity contribution >= 4 is 11.6 Å². The van der Waals surface area contributed by atoms with Gasteiger partial charge in [-0.05, 0) is 36.8 Å². The van der Waals surface area contributed by atoms with Crippen LogP contribution in [0.25, 0.3) is 0 Å². The maximum Gasteiger partial charge on any atom is 0.0471 e. The molecule has 1 aromatic heterocycles. The molecule has 1 heterocycles. The maximum absolute atomic E-state index is 6.12. The van der Waals surface area contributed by atoms with Gasteiger partial charge in [0.25, 0.3) is 0 Å². The number of hydrogen-bond acceptors (Lipinski definition) is 2. The zero-order valence-electron chi connectivity index (χ0n) is 8.12. The van der Waals surface area contributed by atoms with Gasteiger partial charge in [0, 0.05) is 23.5 Å². The Morgan fingerprint density at radius 1 is 1.43 bits per heavy atom. The van der Waals surface area contributed by atoms with Crippen LogP contribution in [0.2, 0.25) is 5.02 Å². The fourth-order valence-electron chi connectivity index (χ4n) is 2.20. The number of nitrogens with zero attached hydrogens (tertiary/aromatic N) is 1. The Hall–Kier alpha value is -0.600. The summed E-state index contributed by atoms with van der Waals surface area (Å²) in [5.74, 6) is 0.514. The van der Waals surface area contributed by atoms with E-state index in [0.29, 0.717) is 12.0 Å². The topological polar surface area (TPSA) is 38.9 Å². The number of hydrogen-bond donors (Lipinski definition) is 1. The van der Waals surface area contributed by atoms with Crippen LogP contribution < -0.4 is 5.73 Å². The van der Waals surface area contributed by atoms with Gasteiger partial charge in [-0.2, -0.15) is 0 Å². The first-order valence-corrected chi connectivity index (χ1v) is 5.50. The zero-order valence-corrected chi connectivity index (χ0v) is 8.87. The van der Waals surface area contributed by atoms with Crippen LogP contribution >= 0.6 is 11.6 Å². The summed E-state index contributed by atoms with van der Waals surface area (Å²) in [6.07, 6.45) is 8.20. The molecule has 0 aromatic carbocycles. The summed E-state index contributed by atoms with van der Waals surface area (Å²) in [6, 6.07) is 2.20. The highest BCUT2D eigenvalue weighted by Crippen LogP contribution is 2.35. The molecule has 76 valence electrons. The van der Waals surface area contributed by atoms with Gasteiger partial charge in [-0.15, -0.1) is 0 Å². The van der Waals surface area contributed by atoms with E-state index >= 15 is 0 Å². The van der Waals surface area contributed by atoms with E-state index in [1.807, 2.05) is 12.3 Å². The predicted octanol–water partition coefficient (Wildman–Crippen LogP) is 2.72. The number of aromatic nitrogens is 1. The van der Waals surface area contributed by atoms with E-state index in [-0.39, 0.29) is 0 Å². The van der Waals surface area contributed by atoms with E-state index in [1.54, 1.807) is 6.20 Å². The number of halogens is 1. The van der Waals surface area contributed by atoms with E-state index in [4.69, 9.17) is 17.3 Å². The van der Waals surface area contributed by atoms with Gasteiger partial charge in [-0.25, -0.2) is 0 Å². The van der Waals surface area contributed by atoms with Crippen molar-refractivity contribution in [2.45, 2.75) is 37.6 Å². The molecule has 1 aliphatic rings. The summed E-state index contributed by atoms with van der Waals surface area (Å²) < 4.78 is 0. The lowest BCUT2D eigenvalue weighted by Crippen LogP contribution is -2.26. The molecule has 0 spiro atoms. The number of nitrogens with two attached hydrogens (primary N) is 1. The smallest absolute Gasteiger partial charge is 0.0471 e. The molecule has 1 saturated carbocycles. The first kappa shape index (κ1) is 9.94. The standard InChI is InChI=1S/C11H15ClN2/c12-11-4-5-14-7-10(11)8-2-1-3-9(13)6-8/h4-5,7-9H,1-3,6,13H2. The molecule has 0 amide bonds. The van der Waals surface area contributed by atoms with Crippen LogP contribution in [-0.2, 0) is 0 Å². The average Bonchev–Trinajstić information content (AvgIpc) is 2.18. The van der Waals surface area contributed by atoms with Crippen molar-refractivity contribution < 1.29 is 0 Å². The van der Waals surface area contributed by atoms with Crippen LogP contribution in [0.15, 0.2) is 18.5 Å². The Labute approximate surface area is 89.5 Å². The molecule has 14 heavy (non-hydrogen) atoms. The molecule has 0 aliphatic heterocycles. The molecule has 1 aromatic rings. The van der Waals surface area contributed by atoms with E-state index in [1.165, 1.54) is 18.4 Å². The van der Waals surface area contributed by atoms with Crippen LogP contribution in [0.1, 0.15) is 37.2 Å². The Morgan fingerprint density at radius 3 is 3.00 bits per heavy atom. The van der Waals surface area contributed by atoms with Gasteiger partial charge < -0.3 is 5.73 Å². The number of rotatable bonds is 1. The fraction of sp³-hybridized carbons (Fsp3) is 0.545. The molecule has 2 atom stereocenters. The molecule has 2 N–H and O–H groups in total. The van der Waals surface area contributed by atoms with Crippen molar-refractivity contribution in [2.24, 2.45) is 5.73 Å². The monoisotopic (exact) mass is 210 g/mol. The summed E-state index contributed by atoms with van der Waals surface area (Å²) in [7, 11) is 0. The summed E-state index contributed by atoms with van der Waals surface area (Å²) in [5, 5.41) is 0.833. The molecular formula is C11H15ClN2. The van der Waals surface area contributed by atoms with Crippen molar-refractivity contribution in [2.75, 3.05) is 0 Å². The highest BCUT2D eigenvalue weighted by molar-refractivity contribution is 6.31. The van der Waals surface area contributed by atoms with Crippen LogP contribution in [0, 0.1) is 0 Å². The fourth-order valence-corrected chi connectivity index (χ4v) is 2.46. The van der Waals surface area contributed by atoms with Crippen molar-refractivity contribution in [3.63, 3.8) is 0 Å². The number of pyridine rings is 1. The van der Waals surface area contributed by atoms with Crippen LogP contribution in [0.3, 0.4) is 0 Å². The third kappa shape index (κ3) is 2.07. The van der Waals surface area contributed by atoms with Crippen LogP contribution in [0.5, 0.6) is 0 Å². The molecule has 2 rings (SSSR count). The third-order valence-corrected chi connectivity index (χ3v) is 3.30. The summed E-state index contributed by atoms with van der Waals surface area (Å²) in [4.78, 5) is 4.12. The van der Waals surface area contributed by atoms with Crippen molar-refractivity contribution in [1.29, 1.82) is 0 Å². The second kappa shape index (κ2) is 4.28. The molecule has 0 saturated heterocycles. The lowest BCUT2D eigenvalue weighted by molar-refractivity contribution is 0.393. The summed E-state index contributed by atoms with van der Waals surface area (Å²) in [6.45, 7) is 0. The Morgan fingerprint density at radius 2 is 2.29 bits per heavy atom. The quantitative estimate of drug-likeness (QED) is 0.774. The van der Waals surface area contributed by atoms with Gasteiger partial charge >= 0.3 is 0 Å². The molecule has 0 bridgehead atoms. The van der Waals surface area contributed by atoms with Crippen molar-refractivity contribution in [3.8, 4) is 0 Å². The predicted molar refractivity (Wildman–Crippen MR) is 58.4 cm³/mol. The molecule has 2 nitrogen and oxygen atoms in total. The van der Waals surface area contributed by atoms with Gasteiger partial charge in [0.15, 0.2) is 0 Å². The minimum Gasteiger partial charge on any atom is -0.328 e. The van der Waals surface area contributed by atoms with Gasteiger partial charge in [0.05, 0.1) is 0 Å².